The number of hydrogen-bond acceptors (Lipinski definition) is 2. The third-order valence-corrected chi connectivity index (χ3v) is 4.09. The molecule has 4 nitrogen and oxygen atoms in total. The summed E-state index contributed by atoms with van der Waals surface area (Å²) in [5.74, 6) is 0.0219. The molecular weight excluding hydrogens is 230 g/mol. The first-order valence-electron chi connectivity index (χ1n) is 6.68. The van der Waals surface area contributed by atoms with Crippen molar-refractivity contribution < 1.29 is 14.7 Å². The van der Waals surface area contributed by atoms with Gasteiger partial charge in [-0.15, -0.1) is 0 Å². The molecule has 0 spiro atoms. The molecule has 1 N–H and O–H groups in total. The Morgan fingerprint density at radius 2 is 1.83 bits per heavy atom. The molecule has 1 amide bonds. The number of carboxylic acids is 1. The molecule has 18 heavy (non-hydrogen) atoms. The summed E-state index contributed by atoms with van der Waals surface area (Å²) in [5, 5.41) is 9.09. The topological polar surface area (TPSA) is 57.6 Å². The summed E-state index contributed by atoms with van der Waals surface area (Å²) in [7, 11) is 0. The van der Waals surface area contributed by atoms with Crippen LogP contribution in [0.2, 0.25) is 0 Å². The van der Waals surface area contributed by atoms with Crippen molar-refractivity contribution in [3.05, 3.63) is 0 Å². The van der Waals surface area contributed by atoms with E-state index in [1.807, 2.05) is 4.90 Å². The molecule has 0 aromatic heterocycles. The second-order valence-electron chi connectivity index (χ2n) is 6.47. The molecule has 0 saturated carbocycles. The summed E-state index contributed by atoms with van der Waals surface area (Å²) < 4.78 is 0. The van der Waals surface area contributed by atoms with E-state index in [2.05, 4.69) is 20.8 Å². The highest BCUT2D eigenvalue weighted by molar-refractivity contribution is 5.84. The molecule has 0 aliphatic carbocycles. The van der Waals surface area contributed by atoms with E-state index in [0.717, 1.165) is 13.0 Å². The van der Waals surface area contributed by atoms with Gasteiger partial charge in [0.25, 0.3) is 0 Å². The van der Waals surface area contributed by atoms with E-state index in [9.17, 15) is 9.59 Å². The van der Waals surface area contributed by atoms with Gasteiger partial charge in [-0.2, -0.15) is 0 Å². The molecule has 0 aromatic carbocycles. The van der Waals surface area contributed by atoms with Crippen molar-refractivity contribution >= 4 is 11.9 Å². The molecule has 1 rings (SSSR count). The number of nitrogens with zero attached hydrogens (tertiary/aromatic N) is 1. The highest BCUT2D eigenvalue weighted by atomic mass is 16.4. The Hall–Kier alpha value is -1.06. The summed E-state index contributed by atoms with van der Waals surface area (Å²) in [6, 6.07) is 0.207. The molecule has 1 aliphatic heterocycles. The first-order chi connectivity index (χ1) is 8.15. The predicted octanol–water partition coefficient (Wildman–Crippen LogP) is 2.38. The quantitative estimate of drug-likeness (QED) is 0.842. The lowest BCUT2D eigenvalue weighted by atomic mass is 9.84. The molecule has 0 radical (unpaired) electrons. The van der Waals surface area contributed by atoms with E-state index in [0.29, 0.717) is 11.8 Å². The number of carboxylic acid groups (broad SMARTS) is 1. The molecule has 104 valence electrons. The smallest absolute Gasteiger partial charge is 0.309 e. The fraction of sp³-hybridized carbons (Fsp3) is 0.857. The van der Waals surface area contributed by atoms with Gasteiger partial charge in [-0.3, -0.25) is 9.59 Å². The Morgan fingerprint density at radius 3 is 2.33 bits per heavy atom. The molecule has 0 aromatic rings. The Morgan fingerprint density at radius 1 is 1.28 bits per heavy atom. The van der Waals surface area contributed by atoms with Gasteiger partial charge in [0.2, 0.25) is 5.91 Å². The van der Waals surface area contributed by atoms with E-state index in [-0.39, 0.29) is 18.4 Å². The van der Waals surface area contributed by atoms with Crippen LogP contribution in [0.3, 0.4) is 0 Å². The number of amides is 1. The SMILES string of the molecule is CC1CC(C)C(C)N(C(=O)CC(C)(C)C(=O)O)C1. The van der Waals surface area contributed by atoms with Crippen molar-refractivity contribution in [3.8, 4) is 0 Å². The average Bonchev–Trinajstić information content (AvgIpc) is 2.22. The third kappa shape index (κ3) is 3.24. The van der Waals surface area contributed by atoms with Gasteiger partial charge >= 0.3 is 5.97 Å². The Kier molecular flexibility index (Phi) is 4.41. The van der Waals surface area contributed by atoms with Crippen molar-refractivity contribution in [1.29, 1.82) is 0 Å². The van der Waals surface area contributed by atoms with Crippen molar-refractivity contribution in [3.63, 3.8) is 0 Å². The van der Waals surface area contributed by atoms with Crippen molar-refractivity contribution in [2.75, 3.05) is 6.54 Å². The number of carbonyl (C=O) groups excluding carboxylic acids is 1. The lowest BCUT2D eigenvalue weighted by molar-refractivity contribution is -0.153. The summed E-state index contributed by atoms with van der Waals surface area (Å²) in [5.41, 5.74) is -0.985. The van der Waals surface area contributed by atoms with E-state index < -0.39 is 11.4 Å². The highest BCUT2D eigenvalue weighted by Crippen LogP contribution is 2.30. The van der Waals surface area contributed by atoms with Gasteiger partial charge in [-0.1, -0.05) is 13.8 Å². The molecule has 1 heterocycles. The van der Waals surface area contributed by atoms with Crippen molar-refractivity contribution in [2.45, 2.75) is 53.5 Å². The standard InChI is InChI=1S/C14H25NO3/c1-9-6-10(2)11(3)15(8-9)12(16)7-14(4,5)13(17)18/h9-11H,6-8H2,1-5H3,(H,17,18). The summed E-state index contributed by atoms with van der Waals surface area (Å²) in [4.78, 5) is 25.2. The normalized spacial score (nSPS) is 29.2. The molecule has 3 unspecified atom stereocenters. The Balaban J connectivity index is 2.74. The summed E-state index contributed by atoms with van der Waals surface area (Å²) in [6.45, 7) is 10.3. The second kappa shape index (κ2) is 5.29. The van der Waals surface area contributed by atoms with Crippen molar-refractivity contribution in [1.82, 2.24) is 4.90 Å². The maximum absolute atomic E-state index is 12.3. The maximum Gasteiger partial charge on any atom is 0.309 e. The van der Waals surface area contributed by atoms with E-state index in [4.69, 9.17) is 5.11 Å². The number of aliphatic carboxylic acids is 1. The van der Waals surface area contributed by atoms with Crippen LogP contribution in [0.25, 0.3) is 0 Å². The molecule has 1 aliphatic rings. The van der Waals surface area contributed by atoms with Crippen LogP contribution in [0.15, 0.2) is 0 Å². The predicted molar refractivity (Wildman–Crippen MR) is 70.2 cm³/mol. The summed E-state index contributed by atoms with van der Waals surface area (Å²) in [6.07, 6.45) is 1.21. The van der Waals surface area contributed by atoms with E-state index >= 15 is 0 Å². The number of hydrogen-bond donors (Lipinski definition) is 1. The Labute approximate surface area is 109 Å². The lowest BCUT2D eigenvalue weighted by Gasteiger charge is -2.42. The molecule has 0 bridgehead atoms. The lowest BCUT2D eigenvalue weighted by Crippen LogP contribution is -2.50. The molecule has 1 saturated heterocycles. The first kappa shape index (κ1) is 15.0. The van der Waals surface area contributed by atoms with Crippen LogP contribution in [-0.2, 0) is 9.59 Å². The summed E-state index contributed by atoms with van der Waals surface area (Å²) >= 11 is 0. The fourth-order valence-electron chi connectivity index (χ4n) is 2.60. The molecular formula is C14H25NO3. The van der Waals surface area contributed by atoms with Gasteiger partial charge in [0.15, 0.2) is 0 Å². The zero-order valence-electron chi connectivity index (χ0n) is 12.1. The first-order valence-corrected chi connectivity index (χ1v) is 6.68. The number of carbonyl (C=O) groups is 2. The zero-order valence-corrected chi connectivity index (χ0v) is 12.1. The average molecular weight is 255 g/mol. The van der Waals surface area contributed by atoms with Gasteiger partial charge in [0, 0.05) is 19.0 Å². The molecule has 4 heteroatoms. The van der Waals surface area contributed by atoms with Crippen LogP contribution in [-0.4, -0.2) is 34.5 Å². The second-order valence-corrected chi connectivity index (χ2v) is 6.47. The monoisotopic (exact) mass is 255 g/mol. The van der Waals surface area contributed by atoms with Gasteiger partial charge in [-0.25, -0.2) is 0 Å². The van der Waals surface area contributed by atoms with E-state index in [1.165, 1.54) is 0 Å². The van der Waals surface area contributed by atoms with Crippen LogP contribution < -0.4 is 0 Å². The van der Waals surface area contributed by atoms with Crippen LogP contribution in [0.5, 0.6) is 0 Å². The minimum Gasteiger partial charge on any atom is -0.481 e. The van der Waals surface area contributed by atoms with E-state index in [1.54, 1.807) is 13.8 Å². The zero-order chi connectivity index (χ0) is 14.1. The van der Waals surface area contributed by atoms with Crippen molar-refractivity contribution in [2.24, 2.45) is 17.3 Å². The molecule has 3 atom stereocenters. The van der Waals surface area contributed by atoms with Gasteiger partial charge < -0.3 is 10.0 Å². The van der Waals surface area contributed by atoms with Crippen LogP contribution in [0.4, 0.5) is 0 Å². The Bertz CT molecular complexity index is 338. The number of piperidine rings is 1. The largest absolute Gasteiger partial charge is 0.481 e. The number of likely N-dealkylation sites (tertiary alicyclic amines) is 1. The minimum absolute atomic E-state index is 0.0340. The van der Waals surface area contributed by atoms with Crippen LogP contribution in [0, 0.1) is 17.3 Å². The van der Waals surface area contributed by atoms with Gasteiger partial charge in [0.1, 0.15) is 0 Å². The number of rotatable bonds is 3. The molecule has 1 fully saturated rings. The minimum atomic E-state index is -0.985. The van der Waals surface area contributed by atoms with Crippen LogP contribution in [0.1, 0.15) is 47.5 Å². The van der Waals surface area contributed by atoms with Crippen LogP contribution >= 0.6 is 0 Å². The van der Waals surface area contributed by atoms with Gasteiger partial charge in [0.05, 0.1) is 5.41 Å². The van der Waals surface area contributed by atoms with Gasteiger partial charge in [-0.05, 0) is 39.0 Å². The third-order valence-electron chi connectivity index (χ3n) is 4.09. The maximum atomic E-state index is 12.3. The fourth-order valence-corrected chi connectivity index (χ4v) is 2.60. The highest BCUT2D eigenvalue weighted by Gasteiger charge is 2.36.